The van der Waals surface area contributed by atoms with Crippen LogP contribution in [0.25, 0.3) is 10.9 Å². The van der Waals surface area contributed by atoms with Crippen LogP contribution < -0.4 is 11.2 Å². The molecule has 3 nitrogen and oxygen atoms in total. The van der Waals surface area contributed by atoms with Crippen LogP contribution >= 0.6 is 12.4 Å². The van der Waals surface area contributed by atoms with Gasteiger partial charge in [-0.3, -0.25) is 4.79 Å². The van der Waals surface area contributed by atoms with Gasteiger partial charge in [0.25, 0.3) is 0 Å². The summed E-state index contributed by atoms with van der Waals surface area (Å²) in [7, 11) is 1.84. The van der Waals surface area contributed by atoms with Crippen LogP contribution in [0.5, 0.6) is 0 Å². The molecule has 0 radical (unpaired) electrons. The minimum Gasteiger partial charge on any atom is -0.385 e. The molecule has 0 spiro atoms. The van der Waals surface area contributed by atoms with Crippen molar-refractivity contribution in [3.63, 3.8) is 0 Å². The number of aryl methyl sites for hydroxylation is 1. The van der Waals surface area contributed by atoms with Crippen molar-refractivity contribution >= 4 is 29.1 Å². The standard InChI is InChI=1S/C10H10N2O.ClH/c1-12-8-5-3-2-4-7(8)9(13)6-10(12)11;/h2-6H,11H2,1H3;1H. The van der Waals surface area contributed by atoms with E-state index in [4.69, 9.17) is 5.73 Å². The lowest BCUT2D eigenvalue weighted by atomic mass is 10.2. The average Bonchev–Trinajstić information content (AvgIpc) is 2.15. The van der Waals surface area contributed by atoms with Gasteiger partial charge in [0.05, 0.1) is 5.52 Å². The third kappa shape index (κ3) is 1.46. The number of anilines is 1. The van der Waals surface area contributed by atoms with E-state index >= 15 is 0 Å². The van der Waals surface area contributed by atoms with E-state index in [1.54, 1.807) is 10.6 Å². The lowest BCUT2D eigenvalue weighted by Crippen LogP contribution is -2.10. The number of para-hydroxylation sites is 1. The third-order valence-electron chi connectivity index (χ3n) is 2.20. The van der Waals surface area contributed by atoms with Gasteiger partial charge in [0.1, 0.15) is 5.82 Å². The molecule has 74 valence electrons. The summed E-state index contributed by atoms with van der Waals surface area (Å²) in [4.78, 5) is 11.5. The van der Waals surface area contributed by atoms with Crippen LogP contribution in [0, 0.1) is 0 Å². The Hall–Kier alpha value is -1.48. The Morgan fingerprint density at radius 1 is 1.29 bits per heavy atom. The van der Waals surface area contributed by atoms with E-state index < -0.39 is 0 Å². The molecule has 0 atom stereocenters. The van der Waals surface area contributed by atoms with Gasteiger partial charge < -0.3 is 10.3 Å². The topological polar surface area (TPSA) is 48.0 Å². The third-order valence-corrected chi connectivity index (χ3v) is 2.20. The molecular weight excluding hydrogens is 200 g/mol. The van der Waals surface area contributed by atoms with Crippen molar-refractivity contribution in [1.29, 1.82) is 0 Å². The van der Waals surface area contributed by atoms with E-state index in [9.17, 15) is 4.79 Å². The average molecular weight is 211 g/mol. The quantitative estimate of drug-likeness (QED) is 0.717. The number of pyridine rings is 1. The molecule has 0 bridgehead atoms. The summed E-state index contributed by atoms with van der Waals surface area (Å²) in [6.07, 6.45) is 0. The molecule has 4 heteroatoms. The molecule has 0 saturated heterocycles. The second-order valence-electron chi connectivity index (χ2n) is 3.01. The number of halogens is 1. The zero-order valence-electron chi connectivity index (χ0n) is 7.73. The SMILES string of the molecule is Cl.Cn1c(N)cc(=O)c2ccccc21. The molecule has 0 aliphatic rings. The maximum atomic E-state index is 11.5. The smallest absolute Gasteiger partial charge is 0.191 e. The number of nitrogens with two attached hydrogens (primary N) is 1. The summed E-state index contributed by atoms with van der Waals surface area (Å²) in [5, 5.41) is 0.708. The molecule has 0 aliphatic heterocycles. The molecular formula is C10H11ClN2O. The van der Waals surface area contributed by atoms with Gasteiger partial charge in [0.15, 0.2) is 5.43 Å². The fourth-order valence-corrected chi connectivity index (χ4v) is 1.42. The van der Waals surface area contributed by atoms with E-state index in [-0.39, 0.29) is 17.8 Å². The van der Waals surface area contributed by atoms with Crippen LogP contribution in [0.4, 0.5) is 5.82 Å². The van der Waals surface area contributed by atoms with Crippen LogP contribution in [-0.4, -0.2) is 4.57 Å². The minimum atomic E-state index is -0.0220. The van der Waals surface area contributed by atoms with Crippen LogP contribution in [-0.2, 0) is 7.05 Å². The predicted molar refractivity (Wildman–Crippen MR) is 60.8 cm³/mol. The van der Waals surface area contributed by atoms with Crippen LogP contribution in [0.15, 0.2) is 35.1 Å². The molecule has 0 unspecified atom stereocenters. The fourth-order valence-electron chi connectivity index (χ4n) is 1.42. The van der Waals surface area contributed by atoms with E-state index in [0.29, 0.717) is 11.2 Å². The predicted octanol–water partition coefficient (Wildman–Crippen LogP) is 1.54. The number of nitrogen functional groups attached to an aromatic ring is 1. The highest BCUT2D eigenvalue weighted by molar-refractivity contribution is 5.85. The Labute approximate surface area is 87.6 Å². The summed E-state index contributed by atoms with van der Waals surface area (Å²) in [6, 6.07) is 8.87. The van der Waals surface area contributed by atoms with Crippen molar-refractivity contribution in [1.82, 2.24) is 4.57 Å². The number of fused-ring (bicyclic) bond motifs is 1. The molecule has 2 aromatic rings. The summed E-state index contributed by atoms with van der Waals surface area (Å²) in [6.45, 7) is 0. The zero-order valence-corrected chi connectivity index (χ0v) is 8.54. The minimum absolute atomic E-state index is 0. The highest BCUT2D eigenvalue weighted by atomic mass is 35.5. The largest absolute Gasteiger partial charge is 0.385 e. The van der Waals surface area contributed by atoms with Gasteiger partial charge in [-0.1, -0.05) is 12.1 Å². The number of hydrogen-bond acceptors (Lipinski definition) is 2. The van der Waals surface area contributed by atoms with Gasteiger partial charge >= 0.3 is 0 Å². The Balaban J connectivity index is 0.000000980. The summed E-state index contributed by atoms with van der Waals surface area (Å²) in [5.74, 6) is 0.490. The maximum Gasteiger partial charge on any atom is 0.191 e. The summed E-state index contributed by atoms with van der Waals surface area (Å²) in [5.41, 5.74) is 6.50. The van der Waals surface area contributed by atoms with Crippen LogP contribution in [0.2, 0.25) is 0 Å². The summed E-state index contributed by atoms with van der Waals surface area (Å²) < 4.78 is 1.80. The highest BCUT2D eigenvalue weighted by Crippen LogP contribution is 2.11. The molecule has 1 heterocycles. The molecule has 1 aromatic carbocycles. The Morgan fingerprint density at radius 2 is 1.93 bits per heavy atom. The molecule has 0 aliphatic carbocycles. The first-order valence-corrected chi connectivity index (χ1v) is 4.04. The molecule has 1 aromatic heterocycles. The number of aromatic nitrogens is 1. The van der Waals surface area contributed by atoms with Gasteiger partial charge in [-0.25, -0.2) is 0 Å². The highest BCUT2D eigenvalue weighted by Gasteiger charge is 2.01. The Bertz CT molecular complexity index is 519. The van der Waals surface area contributed by atoms with Gasteiger partial charge in [-0.2, -0.15) is 0 Å². The number of rotatable bonds is 0. The molecule has 0 saturated carbocycles. The monoisotopic (exact) mass is 210 g/mol. The van der Waals surface area contributed by atoms with Crippen molar-refractivity contribution in [3.8, 4) is 0 Å². The normalized spacial score (nSPS) is 9.79. The van der Waals surface area contributed by atoms with E-state index in [0.717, 1.165) is 5.52 Å². The number of hydrogen-bond donors (Lipinski definition) is 1. The van der Waals surface area contributed by atoms with Crippen molar-refractivity contribution < 1.29 is 0 Å². The molecule has 14 heavy (non-hydrogen) atoms. The second kappa shape index (κ2) is 3.72. The van der Waals surface area contributed by atoms with Gasteiger partial charge in [0.2, 0.25) is 0 Å². The molecule has 2 N–H and O–H groups in total. The number of nitrogens with zero attached hydrogens (tertiary/aromatic N) is 1. The lowest BCUT2D eigenvalue weighted by molar-refractivity contribution is 0.965. The maximum absolute atomic E-state index is 11.5. The van der Waals surface area contributed by atoms with Gasteiger partial charge in [-0.15, -0.1) is 12.4 Å². The van der Waals surface area contributed by atoms with E-state index in [1.165, 1.54) is 6.07 Å². The first-order chi connectivity index (χ1) is 6.20. The van der Waals surface area contributed by atoms with Gasteiger partial charge in [0, 0.05) is 18.5 Å². The van der Waals surface area contributed by atoms with E-state index in [2.05, 4.69) is 0 Å². The second-order valence-corrected chi connectivity index (χ2v) is 3.01. The number of benzene rings is 1. The van der Waals surface area contributed by atoms with Crippen molar-refractivity contribution in [2.24, 2.45) is 7.05 Å². The van der Waals surface area contributed by atoms with E-state index in [1.807, 2.05) is 25.2 Å². The zero-order chi connectivity index (χ0) is 9.42. The van der Waals surface area contributed by atoms with Gasteiger partial charge in [-0.05, 0) is 12.1 Å². The van der Waals surface area contributed by atoms with Crippen molar-refractivity contribution in [2.75, 3.05) is 5.73 Å². The van der Waals surface area contributed by atoms with Crippen LogP contribution in [0.3, 0.4) is 0 Å². The van der Waals surface area contributed by atoms with Crippen LogP contribution in [0.1, 0.15) is 0 Å². The molecule has 2 rings (SSSR count). The van der Waals surface area contributed by atoms with Crippen molar-refractivity contribution in [2.45, 2.75) is 0 Å². The summed E-state index contributed by atoms with van der Waals surface area (Å²) >= 11 is 0. The molecule has 0 fully saturated rings. The Morgan fingerprint density at radius 3 is 2.64 bits per heavy atom. The first-order valence-electron chi connectivity index (χ1n) is 4.04. The molecule has 0 amide bonds. The lowest BCUT2D eigenvalue weighted by Gasteiger charge is -2.07. The first kappa shape index (κ1) is 10.6. The Kier molecular flexibility index (Phi) is 2.81. The fraction of sp³-hybridized carbons (Fsp3) is 0.100. The van der Waals surface area contributed by atoms with Crippen molar-refractivity contribution in [3.05, 3.63) is 40.6 Å².